The van der Waals surface area contributed by atoms with E-state index in [0.717, 1.165) is 0 Å². The van der Waals surface area contributed by atoms with Crippen LogP contribution in [-0.2, 0) is 9.53 Å². The van der Waals surface area contributed by atoms with Gasteiger partial charge in [-0.3, -0.25) is 25.2 Å². The number of benzene rings is 1. The average molecular weight is 357 g/mol. The van der Waals surface area contributed by atoms with Crippen molar-refractivity contribution in [1.82, 2.24) is 10.3 Å². The minimum Gasteiger partial charge on any atom is -0.497 e. The molecule has 8 heteroatoms. The van der Waals surface area contributed by atoms with E-state index in [1.54, 1.807) is 55.8 Å². The Bertz CT molecular complexity index is 781. The van der Waals surface area contributed by atoms with Crippen LogP contribution in [0, 0.1) is 10.1 Å². The van der Waals surface area contributed by atoms with Gasteiger partial charge in [0.15, 0.2) is 0 Å². The minimum atomic E-state index is -1.07. The van der Waals surface area contributed by atoms with Gasteiger partial charge in [0, 0.05) is 11.1 Å². The molecule has 0 radical (unpaired) electrons. The molecular weight excluding hydrogens is 338 g/mol. The molecule has 4 atom stereocenters. The van der Waals surface area contributed by atoms with Crippen LogP contribution in [0.4, 0.5) is 0 Å². The summed E-state index contributed by atoms with van der Waals surface area (Å²) in [6, 6.07) is 9.48. The molecule has 1 aromatic carbocycles. The van der Waals surface area contributed by atoms with Crippen LogP contribution in [0.3, 0.4) is 0 Å². The number of nitrogens with zero attached hydrogens (tertiary/aromatic N) is 2. The number of rotatable bonds is 5. The molecule has 0 bridgehead atoms. The second-order valence-corrected chi connectivity index (χ2v) is 5.97. The van der Waals surface area contributed by atoms with Crippen molar-refractivity contribution < 1.29 is 19.2 Å². The van der Waals surface area contributed by atoms with E-state index in [2.05, 4.69) is 10.3 Å². The number of nitro groups is 1. The molecule has 2 heterocycles. The normalized spacial score (nSPS) is 24.8. The van der Waals surface area contributed by atoms with Crippen molar-refractivity contribution in [1.29, 1.82) is 0 Å². The first kappa shape index (κ1) is 17.8. The molecule has 0 amide bonds. The highest BCUT2D eigenvalue weighted by molar-refractivity contribution is 5.78. The maximum absolute atomic E-state index is 12.3. The second kappa shape index (κ2) is 7.49. The molecule has 1 N–H and O–H groups in total. The van der Waals surface area contributed by atoms with Crippen LogP contribution in [0.2, 0.25) is 0 Å². The van der Waals surface area contributed by atoms with Gasteiger partial charge in [0.2, 0.25) is 6.04 Å². The molecule has 1 aliphatic rings. The van der Waals surface area contributed by atoms with Crippen LogP contribution in [0.1, 0.15) is 23.2 Å². The first-order valence-electron chi connectivity index (χ1n) is 8.09. The topological polar surface area (TPSA) is 104 Å². The summed E-state index contributed by atoms with van der Waals surface area (Å²) in [7, 11) is 2.81. The van der Waals surface area contributed by atoms with Gasteiger partial charge >= 0.3 is 5.97 Å². The molecule has 0 saturated carbocycles. The molecular formula is C18H19N3O5. The number of aromatic nitrogens is 1. The summed E-state index contributed by atoms with van der Waals surface area (Å²) in [4.78, 5) is 28.1. The molecule has 8 nitrogen and oxygen atoms in total. The van der Waals surface area contributed by atoms with E-state index in [4.69, 9.17) is 9.47 Å². The minimum absolute atomic E-state index is 0.357. The summed E-state index contributed by atoms with van der Waals surface area (Å²) in [5.41, 5.74) is 1.17. The number of pyridine rings is 1. The Balaban J connectivity index is 2.06. The summed E-state index contributed by atoms with van der Waals surface area (Å²) < 4.78 is 10.0. The molecule has 2 aromatic rings. The van der Waals surface area contributed by atoms with Crippen molar-refractivity contribution in [3.05, 3.63) is 70.0 Å². The highest BCUT2D eigenvalue weighted by Crippen LogP contribution is 2.40. The van der Waals surface area contributed by atoms with Gasteiger partial charge in [0.1, 0.15) is 17.8 Å². The van der Waals surface area contributed by atoms with Crippen LogP contribution >= 0.6 is 0 Å². The number of ether oxygens (including phenoxy) is 2. The SMILES string of the molecule is COC(=O)[C@H]1N[C@@H](c2ccccn2)[C@H]([N+](=O)[O-])[C@H]1c1ccc(OC)cc1. The fourth-order valence-corrected chi connectivity index (χ4v) is 3.43. The molecule has 0 spiro atoms. The van der Waals surface area contributed by atoms with Crippen molar-refractivity contribution in [3.8, 4) is 5.75 Å². The zero-order chi connectivity index (χ0) is 18.7. The molecule has 0 unspecified atom stereocenters. The first-order valence-corrected chi connectivity index (χ1v) is 8.09. The molecule has 26 heavy (non-hydrogen) atoms. The third kappa shape index (κ3) is 3.23. The maximum Gasteiger partial charge on any atom is 0.323 e. The largest absolute Gasteiger partial charge is 0.497 e. The van der Waals surface area contributed by atoms with Crippen LogP contribution in [-0.4, -0.2) is 42.2 Å². The van der Waals surface area contributed by atoms with Gasteiger partial charge in [0.05, 0.1) is 25.8 Å². The Kier molecular flexibility index (Phi) is 5.13. The standard InChI is InChI=1S/C18H19N3O5/c1-25-12-8-6-11(7-9-12)14-16(18(22)26-2)20-15(17(14)21(23)24)13-5-3-4-10-19-13/h3-10,14-17,20H,1-2H3/t14-,15-,16-,17+/m0/s1. The molecule has 136 valence electrons. The van der Waals surface area contributed by atoms with Crippen molar-refractivity contribution in [2.75, 3.05) is 14.2 Å². The van der Waals surface area contributed by atoms with Crippen molar-refractivity contribution in [3.63, 3.8) is 0 Å². The number of hydrogen-bond donors (Lipinski definition) is 1. The Hall–Kier alpha value is -3.00. The van der Waals surface area contributed by atoms with Gasteiger partial charge < -0.3 is 9.47 Å². The van der Waals surface area contributed by atoms with Gasteiger partial charge in [-0.2, -0.15) is 0 Å². The summed E-state index contributed by atoms with van der Waals surface area (Å²) in [6.07, 6.45) is 1.57. The Labute approximate surface area is 150 Å². The zero-order valence-corrected chi connectivity index (χ0v) is 14.4. The van der Waals surface area contributed by atoms with Crippen LogP contribution in [0.15, 0.2) is 48.7 Å². The Morgan fingerprint density at radius 2 is 1.92 bits per heavy atom. The molecule has 1 fully saturated rings. The lowest BCUT2D eigenvalue weighted by atomic mass is 9.86. The highest BCUT2D eigenvalue weighted by Gasteiger charge is 2.55. The monoisotopic (exact) mass is 357 g/mol. The van der Waals surface area contributed by atoms with Crippen LogP contribution in [0.25, 0.3) is 0 Å². The van der Waals surface area contributed by atoms with Gasteiger partial charge in [-0.25, -0.2) is 0 Å². The van der Waals surface area contributed by atoms with E-state index < -0.39 is 30.0 Å². The lowest BCUT2D eigenvalue weighted by molar-refractivity contribution is -0.527. The quantitative estimate of drug-likeness (QED) is 0.493. The van der Waals surface area contributed by atoms with Crippen molar-refractivity contribution >= 4 is 5.97 Å². The van der Waals surface area contributed by atoms with E-state index in [1.165, 1.54) is 7.11 Å². The summed E-state index contributed by atoms with van der Waals surface area (Å²) in [6.45, 7) is 0. The Morgan fingerprint density at radius 3 is 2.46 bits per heavy atom. The number of methoxy groups -OCH3 is 2. The van der Waals surface area contributed by atoms with Gasteiger partial charge in [-0.15, -0.1) is 0 Å². The third-order valence-electron chi connectivity index (χ3n) is 4.63. The van der Waals surface area contributed by atoms with E-state index in [-0.39, 0.29) is 4.92 Å². The Morgan fingerprint density at radius 1 is 1.19 bits per heavy atom. The predicted octanol–water partition coefficient (Wildman–Crippen LogP) is 1.71. The molecule has 3 rings (SSSR count). The highest BCUT2D eigenvalue weighted by atomic mass is 16.6. The van der Waals surface area contributed by atoms with E-state index in [9.17, 15) is 14.9 Å². The lowest BCUT2D eigenvalue weighted by Gasteiger charge is -2.19. The van der Waals surface area contributed by atoms with Gasteiger partial charge in [0.25, 0.3) is 0 Å². The third-order valence-corrected chi connectivity index (χ3v) is 4.63. The van der Waals surface area contributed by atoms with Crippen LogP contribution < -0.4 is 10.1 Å². The van der Waals surface area contributed by atoms with Crippen LogP contribution in [0.5, 0.6) is 5.75 Å². The number of hydrogen-bond acceptors (Lipinski definition) is 7. The summed E-state index contributed by atoms with van der Waals surface area (Å²) in [5.74, 6) is -0.611. The number of carbonyl (C=O) groups excluding carboxylic acids is 1. The van der Waals surface area contributed by atoms with Gasteiger partial charge in [-0.05, 0) is 29.8 Å². The maximum atomic E-state index is 12.3. The number of carbonyl (C=O) groups is 1. The van der Waals surface area contributed by atoms with Crippen molar-refractivity contribution in [2.45, 2.75) is 24.0 Å². The van der Waals surface area contributed by atoms with Crippen molar-refractivity contribution in [2.24, 2.45) is 0 Å². The van der Waals surface area contributed by atoms with Gasteiger partial charge in [-0.1, -0.05) is 18.2 Å². The summed E-state index contributed by atoms with van der Waals surface area (Å²) >= 11 is 0. The fourth-order valence-electron chi connectivity index (χ4n) is 3.43. The fraction of sp³-hybridized carbons (Fsp3) is 0.333. The smallest absolute Gasteiger partial charge is 0.323 e. The predicted molar refractivity (Wildman–Crippen MR) is 92.4 cm³/mol. The average Bonchev–Trinajstić information content (AvgIpc) is 3.09. The van der Waals surface area contributed by atoms with E-state index in [0.29, 0.717) is 17.0 Å². The first-order chi connectivity index (χ1) is 12.6. The number of nitrogens with one attached hydrogen (secondary N) is 1. The second-order valence-electron chi connectivity index (χ2n) is 5.97. The molecule has 1 aromatic heterocycles. The molecule has 0 aliphatic carbocycles. The lowest BCUT2D eigenvalue weighted by Crippen LogP contribution is -2.37. The molecule has 1 aliphatic heterocycles. The summed E-state index contributed by atoms with van der Waals surface area (Å²) in [5, 5.41) is 15.0. The van der Waals surface area contributed by atoms with E-state index >= 15 is 0 Å². The molecule has 1 saturated heterocycles. The van der Waals surface area contributed by atoms with E-state index in [1.807, 2.05) is 0 Å². The zero-order valence-electron chi connectivity index (χ0n) is 14.4. The number of esters is 1.